The molecule has 8 heteroatoms. The summed E-state index contributed by atoms with van der Waals surface area (Å²) >= 11 is 5.98. The Morgan fingerprint density at radius 3 is 2.48 bits per heavy atom. The molecular weight excluding hydrogens is 348 g/mol. The van der Waals surface area contributed by atoms with E-state index in [9.17, 15) is 14.4 Å². The molecule has 1 rings (SSSR count). The highest BCUT2D eigenvalue weighted by atomic mass is 35.5. The van der Waals surface area contributed by atoms with E-state index in [0.29, 0.717) is 17.7 Å². The molecule has 1 aromatic rings. The van der Waals surface area contributed by atoms with Crippen molar-refractivity contribution < 1.29 is 23.9 Å². The molecule has 138 valence electrons. The van der Waals surface area contributed by atoms with Crippen LogP contribution in [0.4, 0.5) is 0 Å². The zero-order valence-electron chi connectivity index (χ0n) is 15.0. The normalized spacial score (nSPS) is 12.9. The van der Waals surface area contributed by atoms with Gasteiger partial charge < -0.3 is 14.8 Å². The van der Waals surface area contributed by atoms with E-state index in [1.54, 1.807) is 19.9 Å². The average Bonchev–Trinajstić information content (AvgIpc) is 2.55. The maximum Gasteiger partial charge on any atom is 0.342 e. The lowest BCUT2D eigenvalue weighted by atomic mass is 9.99. The number of carbonyl (C=O) groups is 3. The average molecular weight is 371 g/mol. The van der Waals surface area contributed by atoms with Crippen LogP contribution < -0.4 is 5.32 Å². The van der Waals surface area contributed by atoms with Gasteiger partial charge in [-0.25, -0.2) is 14.6 Å². The van der Waals surface area contributed by atoms with E-state index in [4.69, 9.17) is 16.3 Å². The number of hydrogen-bond acceptors (Lipinski definition) is 6. The number of nitrogens with one attached hydrogen (secondary N) is 1. The third-order valence-electron chi connectivity index (χ3n) is 3.82. The molecule has 0 bridgehead atoms. The number of halogens is 1. The van der Waals surface area contributed by atoms with Crippen LogP contribution in [-0.2, 0) is 19.1 Å². The number of carbonyl (C=O) groups excluding carboxylic acids is 3. The van der Waals surface area contributed by atoms with Crippen LogP contribution in [-0.4, -0.2) is 42.6 Å². The van der Waals surface area contributed by atoms with E-state index in [2.05, 4.69) is 15.0 Å². The van der Waals surface area contributed by atoms with Gasteiger partial charge >= 0.3 is 11.9 Å². The molecule has 0 saturated carbocycles. The molecule has 1 aromatic heterocycles. The quantitative estimate of drug-likeness (QED) is 0.584. The van der Waals surface area contributed by atoms with Gasteiger partial charge in [0.15, 0.2) is 6.61 Å². The molecule has 0 aliphatic heterocycles. The van der Waals surface area contributed by atoms with E-state index in [0.717, 1.165) is 0 Å². The number of pyridine rings is 1. The minimum absolute atomic E-state index is 0.0231. The SMILES string of the molecule is CC[C@@H](C)[C@@H](NC(=O)COC(=O)c1c(C)cc(C)nc1Cl)C(=O)OC. The standard InChI is InChI=1S/C17H23ClN2O5/c1-6-9(2)14(17(23)24-5)20-12(21)8-25-16(22)13-10(3)7-11(4)19-15(13)18/h7,9,14H,6,8H2,1-5H3,(H,20,21)/t9-,14-/m1/s1. The summed E-state index contributed by atoms with van der Waals surface area (Å²) in [6.45, 7) is 6.63. The van der Waals surface area contributed by atoms with E-state index in [-0.39, 0.29) is 16.6 Å². The molecule has 0 aliphatic rings. The Hall–Kier alpha value is -2.15. The highest BCUT2D eigenvalue weighted by Crippen LogP contribution is 2.19. The second kappa shape index (κ2) is 9.36. The first kappa shape index (κ1) is 20.9. The number of esters is 2. The van der Waals surface area contributed by atoms with Crippen LogP contribution in [0, 0.1) is 19.8 Å². The van der Waals surface area contributed by atoms with Gasteiger partial charge in [0.05, 0.1) is 12.7 Å². The maximum atomic E-state index is 12.1. The third kappa shape index (κ3) is 5.70. The summed E-state index contributed by atoms with van der Waals surface area (Å²) in [7, 11) is 1.25. The zero-order chi connectivity index (χ0) is 19.1. The summed E-state index contributed by atoms with van der Waals surface area (Å²) in [5, 5.41) is 2.55. The first-order valence-electron chi connectivity index (χ1n) is 7.89. The van der Waals surface area contributed by atoms with Crippen LogP contribution in [0.1, 0.15) is 41.9 Å². The predicted octanol–water partition coefficient (Wildman–Crippen LogP) is 2.21. The van der Waals surface area contributed by atoms with E-state index in [1.165, 1.54) is 7.11 Å². The summed E-state index contributed by atoms with van der Waals surface area (Å²) in [5.74, 6) is -2.01. The second-order valence-electron chi connectivity index (χ2n) is 5.78. The molecule has 25 heavy (non-hydrogen) atoms. The van der Waals surface area contributed by atoms with Crippen LogP contribution >= 0.6 is 11.6 Å². The minimum Gasteiger partial charge on any atom is -0.467 e. The molecule has 1 N–H and O–H groups in total. The van der Waals surface area contributed by atoms with E-state index >= 15 is 0 Å². The number of methoxy groups -OCH3 is 1. The number of aryl methyl sites for hydroxylation is 2. The lowest BCUT2D eigenvalue weighted by Gasteiger charge is -2.21. The molecule has 0 radical (unpaired) electrons. The Balaban J connectivity index is 2.72. The highest BCUT2D eigenvalue weighted by molar-refractivity contribution is 6.32. The van der Waals surface area contributed by atoms with Gasteiger partial charge in [0, 0.05) is 5.69 Å². The predicted molar refractivity (Wildman–Crippen MR) is 92.4 cm³/mol. The largest absolute Gasteiger partial charge is 0.467 e. The van der Waals surface area contributed by atoms with Crippen molar-refractivity contribution in [2.24, 2.45) is 5.92 Å². The van der Waals surface area contributed by atoms with Crippen LogP contribution in [0.25, 0.3) is 0 Å². The number of rotatable bonds is 7. The molecule has 0 aromatic carbocycles. The fourth-order valence-electron chi connectivity index (χ4n) is 2.25. The van der Waals surface area contributed by atoms with Crippen molar-refractivity contribution in [1.82, 2.24) is 10.3 Å². The molecule has 1 heterocycles. The Morgan fingerprint density at radius 2 is 1.96 bits per heavy atom. The van der Waals surface area contributed by atoms with Crippen LogP contribution in [0.2, 0.25) is 5.15 Å². The minimum atomic E-state index is -0.799. The summed E-state index contributed by atoms with van der Waals surface area (Å²) in [4.78, 5) is 39.9. The van der Waals surface area contributed by atoms with Gasteiger partial charge in [-0.2, -0.15) is 0 Å². The lowest BCUT2D eigenvalue weighted by Crippen LogP contribution is -2.47. The summed E-state index contributed by atoms with van der Waals surface area (Å²) in [5.41, 5.74) is 1.40. The summed E-state index contributed by atoms with van der Waals surface area (Å²) < 4.78 is 9.68. The van der Waals surface area contributed by atoms with Gasteiger partial charge in [0.2, 0.25) is 0 Å². The van der Waals surface area contributed by atoms with Gasteiger partial charge in [-0.3, -0.25) is 4.79 Å². The smallest absolute Gasteiger partial charge is 0.342 e. The molecule has 1 amide bonds. The van der Waals surface area contributed by atoms with E-state index in [1.807, 2.05) is 13.8 Å². The Morgan fingerprint density at radius 1 is 1.32 bits per heavy atom. The van der Waals surface area contributed by atoms with Crippen molar-refractivity contribution in [2.75, 3.05) is 13.7 Å². The summed E-state index contributed by atoms with van der Waals surface area (Å²) in [6, 6.07) is 0.895. The third-order valence-corrected chi connectivity index (χ3v) is 4.10. The molecule has 7 nitrogen and oxygen atoms in total. The van der Waals surface area contributed by atoms with Crippen LogP contribution in [0.3, 0.4) is 0 Å². The Bertz CT molecular complexity index is 639. The first-order chi connectivity index (χ1) is 11.7. The second-order valence-corrected chi connectivity index (χ2v) is 6.13. The maximum absolute atomic E-state index is 12.1. The van der Waals surface area contributed by atoms with Gasteiger partial charge in [0.1, 0.15) is 11.2 Å². The molecule has 0 aliphatic carbocycles. The lowest BCUT2D eigenvalue weighted by molar-refractivity contribution is -0.147. The fourth-order valence-corrected chi connectivity index (χ4v) is 2.61. The molecule has 0 fully saturated rings. The summed E-state index contributed by atoms with van der Waals surface area (Å²) in [6.07, 6.45) is 0.670. The number of hydrogen-bond donors (Lipinski definition) is 1. The van der Waals surface area contributed by atoms with E-state index < -0.39 is 30.5 Å². The molecule has 0 unspecified atom stereocenters. The number of amides is 1. The monoisotopic (exact) mass is 370 g/mol. The number of aromatic nitrogens is 1. The van der Waals surface area contributed by atoms with Crippen molar-refractivity contribution in [2.45, 2.75) is 40.2 Å². The molecule has 0 spiro atoms. The van der Waals surface area contributed by atoms with Crippen LogP contribution in [0.5, 0.6) is 0 Å². The van der Waals surface area contributed by atoms with Crippen molar-refractivity contribution in [3.63, 3.8) is 0 Å². The number of nitrogens with zero attached hydrogens (tertiary/aromatic N) is 1. The van der Waals surface area contributed by atoms with Gasteiger partial charge in [-0.15, -0.1) is 0 Å². The highest BCUT2D eigenvalue weighted by Gasteiger charge is 2.27. The number of ether oxygens (including phenoxy) is 2. The molecule has 2 atom stereocenters. The molecular formula is C17H23ClN2O5. The van der Waals surface area contributed by atoms with Crippen molar-refractivity contribution in [3.8, 4) is 0 Å². The van der Waals surface area contributed by atoms with Gasteiger partial charge in [0.25, 0.3) is 5.91 Å². The Labute approximate surface area is 152 Å². The van der Waals surface area contributed by atoms with Gasteiger partial charge in [-0.1, -0.05) is 31.9 Å². The van der Waals surface area contributed by atoms with Crippen molar-refractivity contribution in [3.05, 3.63) is 28.0 Å². The Kier molecular flexibility index (Phi) is 7.83. The van der Waals surface area contributed by atoms with Gasteiger partial charge in [-0.05, 0) is 31.4 Å². The van der Waals surface area contributed by atoms with Crippen molar-refractivity contribution >= 4 is 29.4 Å². The fraction of sp³-hybridized carbons (Fsp3) is 0.529. The zero-order valence-corrected chi connectivity index (χ0v) is 15.8. The topological polar surface area (TPSA) is 94.6 Å². The van der Waals surface area contributed by atoms with Crippen molar-refractivity contribution in [1.29, 1.82) is 0 Å². The first-order valence-corrected chi connectivity index (χ1v) is 8.27. The van der Waals surface area contributed by atoms with Crippen LogP contribution in [0.15, 0.2) is 6.07 Å². The molecule has 0 saturated heterocycles.